The van der Waals surface area contributed by atoms with Gasteiger partial charge in [-0.3, -0.25) is 4.99 Å². The van der Waals surface area contributed by atoms with Crippen LogP contribution in [0, 0.1) is 0 Å². The smallest absolute Gasteiger partial charge is 0.199 e. The van der Waals surface area contributed by atoms with Crippen LogP contribution in [0.25, 0.3) is 0 Å². The lowest BCUT2D eigenvalue weighted by molar-refractivity contribution is 0.445. The molecule has 1 aliphatic heterocycles. The molecule has 6 heteroatoms. The molecule has 1 aliphatic rings. The van der Waals surface area contributed by atoms with Gasteiger partial charge in [0.05, 0.1) is 0 Å². The number of aliphatic imine (C=N–C) groups is 1. The molecule has 0 saturated carbocycles. The first-order valence-electron chi connectivity index (χ1n) is 8.82. The zero-order valence-corrected chi connectivity index (χ0v) is 15.0. The van der Waals surface area contributed by atoms with Gasteiger partial charge >= 0.3 is 0 Å². The Balaban J connectivity index is 1.74. The molecule has 0 spiro atoms. The second kappa shape index (κ2) is 6.71. The van der Waals surface area contributed by atoms with Crippen molar-refractivity contribution in [1.82, 2.24) is 25.9 Å². The average Bonchev–Trinajstić information content (AvgIpc) is 3.16. The molecule has 1 atom stereocenters. The van der Waals surface area contributed by atoms with Crippen LogP contribution in [0.15, 0.2) is 59.6 Å². The zero-order valence-electron chi connectivity index (χ0n) is 15.0. The number of amidine groups is 1. The summed E-state index contributed by atoms with van der Waals surface area (Å²) in [6.45, 7) is 4.39. The van der Waals surface area contributed by atoms with Gasteiger partial charge in [-0.1, -0.05) is 59.8 Å². The van der Waals surface area contributed by atoms with Crippen molar-refractivity contribution < 1.29 is 0 Å². The normalized spacial score (nSPS) is 18.2. The molecule has 2 N–H and O–H groups in total. The highest BCUT2D eigenvalue weighted by Crippen LogP contribution is 2.26. The summed E-state index contributed by atoms with van der Waals surface area (Å²) in [5, 5.41) is 18.2. The number of aromatic amines is 1. The van der Waals surface area contributed by atoms with Crippen molar-refractivity contribution >= 4 is 5.84 Å². The van der Waals surface area contributed by atoms with Crippen LogP contribution in [0.5, 0.6) is 0 Å². The van der Waals surface area contributed by atoms with Crippen molar-refractivity contribution in [3.8, 4) is 0 Å². The van der Waals surface area contributed by atoms with Crippen LogP contribution in [-0.4, -0.2) is 32.0 Å². The number of H-pyrrole nitrogens is 1. The van der Waals surface area contributed by atoms with E-state index >= 15 is 0 Å². The van der Waals surface area contributed by atoms with E-state index in [9.17, 15) is 0 Å². The Bertz CT molecular complexity index is 899. The van der Waals surface area contributed by atoms with E-state index in [0.29, 0.717) is 12.2 Å². The van der Waals surface area contributed by atoms with E-state index in [4.69, 9.17) is 4.99 Å². The maximum atomic E-state index is 5.03. The molecule has 4 rings (SSSR count). The highest BCUT2D eigenvalue weighted by atomic mass is 15.5. The van der Waals surface area contributed by atoms with Crippen LogP contribution in [0.1, 0.15) is 42.4 Å². The Morgan fingerprint density at radius 3 is 2.62 bits per heavy atom. The maximum Gasteiger partial charge on any atom is 0.199 e. The summed E-state index contributed by atoms with van der Waals surface area (Å²) in [6, 6.07) is 18.5. The van der Waals surface area contributed by atoms with Crippen molar-refractivity contribution in [2.75, 3.05) is 0 Å². The number of benzene rings is 2. The second-order valence-electron chi connectivity index (χ2n) is 7.30. The molecule has 3 aromatic rings. The van der Waals surface area contributed by atoms with Gasteiger partial charge in [0.1, 0.15) is 11.9 Å². The van der Waals surface area contributed by atoms with Gasteiger partial charge in [-0.2, -0.15) is 5.21 Å². The van der Waals surface area contributed by atoms with E-state index in [1.54, 1.807) is 0 Å². The molecule has 0 bridgehead atoms. The third-order valence-corrected chi connectivity index (χ3v) is 4.58. The third kappa shape index (κ3) is 3.49. The minimum atomic E-state index is -0.208. The lowest BCUT2D eigenvalue weighted by Gasteiger charge is -2.35. The van der Waals surface area contributed by atoms with Crippen LogP contribution in [0.4, 0.5) is 0 Å². The van der Waals surface area contributed by atoms with E-state index in [2.05, 4.69) is 76.2 Å². The fourth-order valence-electron chi connectivity index (χ4n) is 3.41. The Hall–Kier alpha value is -3.02. The molecule has 1 aromatic heterocycles. The standard InChI is InChI=1S/C20H22N6/c1-20(2)13-15-10-6-7-11-16(15)18(22-20)21-17(19-23-25-26-24-19)12-14-8-4-3-5-9-14/h3-11,17H,12-13H2,1-2H3,(H,21,22)(H,23,24,25,26). The molecule has 0 radical (unpaired) electrons. The summed E-state index contributed by atoms with van der Waals surface area (Å²) in [7, 11) is 0. The number of fused-ring (bicyclic) bond motifs is 1. The van der Waals surface area contributed by atoms with Crippen LogP contribution >= 0.6 is 0 Å². The molecule has 2 aromatic carbocycles. The largest absolute Gasteiger partial charge is 0.365 e. The van der Waals surface area contributed by atoms with Gasteiger partial charge in [0, 0.05) is 17.5 Å². The van der Waals surface area contributed by atoms with Crippen molar-refractivity contribution in [2.24, 2.45) is 4.99 Å². The Morgan fingerprint density at radius 1 is 1.08 bits per heavy atom. The van der Waals surface area contributed by atoms with E-state index < -0.39 is 0 Å². The number of nitrogens with one attached hydrogen (secondary N) is 2. The molecular formula is C20H22N6. The van der Waals surface area contributed by atoms with Crippen molar-refractivity contribution in [1.29, 1.82) is 0 Å². The van der Waals surface area contributed by atoms with Crippen molar-refractivity contribution in [3.63, 3.8) is 0 Å². The molecule has 2 heterocycles. The minimum absolute atomic E-state index is 0.0538. The van der Waals surface area contributed by atoms with E-state index in [0.717, 1.165) is 17.8 Å². The van der Waals surface area contributed by atoms with Crippen LogP contribution in [0.2, 0.25) is 0 Å². The van der Waals surface area contributed by atoms with Gasteiger partial charge in [0.15, 0.2) is 5.82 Å². The van der Waals surface area contributed by atoms with E-state index in [1.807, 2.05) is 18.2 Å². The predicted molar refractivity (Wildman–Crippen MR) is 101 cm³/mol. The van der Waals surface area contributed by atoms with Gasteiger partial charge in [-0.25, -0.2) is 0 Å². The quantitative estimate of drug-likeness (QED) is 0.761. The maximum absolute atomic E-state index is 5.03. The molecule has 1 unspecified atom stereocenters. The number of aromatic nitrogens is 4. The SMILES string of the molecule is CC1(C)Cc2ccccc2C(=NC(Cc2ccccc2)c2nn[nH]n2)N1. The first kappa shape index (κ1) is 16.4. The summed E-state index contributed by atoms with van der Waals surface area (Å²) in [6.07, 6.45) is 1.68. The first-order valence-corrected chi connectivity index (χ1v) is 8.82. The molecule has 0 amide bonds. The molecule has 6 nitrogen and oxygen atoms in total. The van der Waals surface area contributed by atoms with Gasteiger partial charge in [-0.05, 0) is 31.4 Å². The molecule has 132 valence electrons. The summed E-state index contributed by atoms with van der Waals surface area (Å²) < 4.78 is 0. The van der Waals surface area contributed by atoms with Gasteiger partial charge in [0.2, 0.25) is 0 Å². The van der Waals surface area contributed by atoms with E-state index in [-0.39, 0.29) is 11.6 Å². The van der Waals surface area contributed by atoms with Crippen LogP contribution in [0.3, 0.4) is 0 Å². The third-order valence-electron chi connectivity index (χ3n) is 4.58. The fraction of sp³-hybridized carbons (Fsp3) is 0.300. The number of tetrazole rings is 1. The van der Waals surface area contributed by atoms with Gasteiger partial charge in [-0.15, -0.1) is 10.2 Å². The highest BCUT2D eigenvalue weighted by molar-refractivity contribution is 6.01. The van der Waals surface area contributed by atoms with Gasteiger partial charge in [0.25, 0.3) is 0 Å². The molecule has 0 aliphatic carbocycles. The predicted octanol–water partition coefficient (Wildman–Crippen LogP) is 2.85. The van der Waals surface area contributed by atoms with E-state index in [1.165, 1.54) is 11.1 Å². The fourth-order valence-corrected chi connectivity index (χ4v) is 3.41. The molecular weight excluding hydrogens is 324 g/mol. The number of rotatable bonds is 4. The summed E-state index contributed by atoms with van der Waals surface area (Å²) in [4.78, 5) is 5.03. The Morgan fingerprint density at radius 2 is 1.85 bits per heavy atom. The van der Waals surface area contributed by atoms with Crippen molar-refractivity contribution in [3.05, 3.63) is 77.1 Å². The first-order chi connectivity index (χ1) is 12.6. The Labute approximate surface area is 152 Å². The monoisotopic (exact) mass is 346 g/mol. The summed E-state index contributed by atoms with van der Waals surface area (Å²) in [5.41, 5.74) is 3.59. The summed E-state index contributed by atoms with van der Waals surface area (Å²) >= 11 is 0. The lowest BCUT2D eigenvalue weighted by Crippen LogP contribution is -2.49. The Kier molecular flexibility index (Phi) is 4.24. The molecule has 26 heavy (non-hydrogen) atoms. The lowest BCUT2D eigenvalue weighted by atomic mass is 9.87. The number of hydrogen-bond donors (Lipinski definition) is 2. The number of nitrogens with zero attached hydrogens (tertiary/aromatic N) is 4. The highest BCUT2D eigenvalue weighted by Gasteiger charge is 2.29. The van der Waals surface area contributed by atoms with Crippen LogP contribution < -0.4 is 5.32 Å². The zero-order chi connectivity index (χ0) is 18.0. The topological polar surface area (TPSA) is 78.8 Å². The summed E-state index contributed by atoms with van der Waals surface area (Å²) in [5.74, 6) is 1.49. The van der Waals surface area contributed by atoms with Crippen molar-refractivity contribution in [2.45, 2.75) is 38.3 Å². The minimum Gasteiger partial charge on any atom is -0.365 e. The average molecular weight is 346 g/mol. The second-order valence-corrected chi connectivity index (χ2v) is 7.30. The number of hydrogen-bond acceptors (Lipinski definition) is 4. The molecule has 0 fully saturated rings. The molecule has 0 saturated heterocycles. The van der Waals surface area contributed by atoms with Gasteiger partial charge < -0.3 is 5.32 Å². The van der Waals surface area contributed by atoms with Crippen LogP contribution in [-0.2, 0) is 12.8 Å².